The van der Waals surface area contributed by atoms with Crippen LogP contribution in [0.1, 0.15) is 108 Å². The van der Waals surface area contributed by atoms with Gasteiger partial charge in [0.1, 0.15) is 23.4 Å². The van der Waals surface area contributed by atoms with Gasteiger partial charge < -0.3 is 48.9 Å². The van der Waals surface area contributed by atoms with Gasteiger partial charge in [-0.1, -0.05) is 69.2 Å². The van der Waals surface area contributed by atoms with Crippen molar-refractivity contribution in [2.24, 2.45) is 46.8 Å². The molecule has 7 aliphatic rings. The number of allylic oxidation sites excluding steroid dienone is 4. The standard InChI is InChI=1S/C51H72N4O16/c1-24-14-17-35(69-36-22-48(9,54(61)62)41(30(7)67-36)52-46(59)65-12)26(3)20-32-19-25(2)29(6)21-51(32)44(57)38(45(58)71-51)43(56)50(11)34(24)16-15-33-39(50)27(4)18-28(5)40(33)70-37-23-49(10,55(63)64)42(31(8)68-37)53-47(60)66-13/h14-16,19-20,27-37,39-42,56H,17-18,21-23H2,1-13H3,(H,52,59)(H,53,60)/t27-,28-,29+,30+,31-,32-,33-,34-,35-,36-,37-,39+,40-,41-,42-,48-,49-,50+,51-/m0/s1. The number of nitrogens with zero attached hydrogens (tertiary/aromatic N) is 2. The van der Waals surface area contributed by atoms with E-state index in [1.807, 2.05) is 71.9 Å². The molecule has 0 aromatic rings. The lowest BCUT2D eigenvalue weighted by molar-refractivity contribution is -0.585. The van der Waals surface area contributed by atoms with Crippen molar-refractivity contribution in [1.29, 1.82) is 0 Å². The number of Topliss-reactive ketones (excluding diaryl/α,β-unsaturated/α-hetero) is 1. The van der Waals surface area contributed by atoms with Crippen LogP contribution in [0.25, 0.3) is 0 Å². The van der Waals surface area contributed by atoms with Crippen LogP contribution >= 0.6 is 0 Å². The van der Waals surface area contributed by atoms with Crippen LogP contribution in [-0.4, -0.2) is 119 Å². The summed E-state index contributed by atoms with van der Waals surface area (Å²) in [6.45, 7) is 19.7. The number of carbonyl (C=O) groups excluding carboxylic acids is 4. The monoisotopic (exact) mass is 996 g/mol. The van der Waals surface area contributed by atoms with Gasteiger partial charge in [0.05, 0.1) is 51.5 Å². The van der Waals surface area contributed by atoms with Crippen LogP contribution in [0.5, 0.6) is 0 Å². The number of alkyl carbamates (subject to hydrolysis) is 2. The Labute approximate surface area is 414 Å². The lowest BCUT2D eigenvalue weighted by Gasteiger charge is -2.57. The molecule has 1 spiro atoms. The number of carbonyl (C=O) groups is 4. The zero-order valence-electron chi connectivity index (χ0n) is 43.0. The number of nitrogens with one attached hydrogen (secondary N) is 2. The first-order valence-corrected chi connectivity index (χ1v) is 24.7. The number of methoxy groups -OCH3 is 2. The Balaban J connectivity index is 1.32. The number of aliphatic hydroxyl groups is 1. The molecule has 2 bridgehead atoms. The van der Waals surface area contributed by atoms with Crippen molar-refractivity contribution >= 4 is 23.9 Å². The third-order valence-corrected chi connectivity index (χ3v) is 17.4. The van der Waals surface area contributed by atoms with Gasteiger partial charge in [-0.25, -0.2) is 14.4 Å². The van der Waals surface area contributed by atoms with E-state index in [0.29, 0.717) is 12.0 Å². The van der Waals surface area contributed by atoms with Gasteiger partial charge >= 0.3 is 18.2 Å². The Morgan fingerprint density at radius 2 is 1.31 bits per heavy atom. The number of ether oxygens (including phenoxy) is 7. The van der Waals surface area contributed by atoms with E-state index in [4.69, 9.17) is 33.2 Å². The average molecular weight is 997 g/mol. The molecule has 0 aromatic carbocycles. The second kappa shape index (κ2) is 19.7. The Morgan fingerprint density at radius 3 is 1.85 bits per heavy atom. The zero-order valence-corrected chi connectivity index (χ0v) is 43.0. The van der Waals surface area contributed by atoms with E-state index in [1.165, 1.54) is 28.1 Å². The van der Waals surface area contributed by atoms with E-state index in [2.05, 4.69) is 17.6 Å². The molecule has 3 N–H and O–H groups in total. The van der Waals surface area contributed by atoms with Crippen LogP contribution in [0.4, 0.5) is 9.59 Å². The lowest BCUT2D eigenvalue weighted by atomic mass is 9.49. The molecule has 2 amide bonds. The summed E-state index contributed by atoms with van der Waals surface area (Å²) >= 11 is 0. The SMILES string of the molecule is COC(=O)N[C@H]1[C@H](C)O[C@@H](O[C@@H]2[C@H]3C=C[C@H]4C(C)=CC[C@H](O[C@H]5C[C@](C)([N+](=O)[O-])[C@@H](NC(=O)OC)[C@@H](C)O5)C(C)=C[C@@H]5C=C(C)[C@H](C)C[C@]56OC(=O)C(=C(O)[C@@]4(C)[C@@H]3[C@@H](C)C[C@@H]2C)C6=O)C[C@]1(C)[N+](=O)[O-]. The fraction of sp³-hybridized carbons (Fsp3) is 0.725. The van der Waals surface area contributed by atoms with Crippen LogP contribution in [0.15, 0.2) is 58.4 Å². The van der Waals surface area contributed by atoms with Crippen LogP contribution in [-0.2, 0) is 42.7 Å². The van der Waals surface area contributed by atoms with Gasteiger partial charge in [-0.15, -0.1) is 0 Å². The maximum Gasteiger partial charge on any atom is 0.407 e. The van der Waals surface area contributed by atoms with E-state index in [-0.39, 0.29) is 49.2 Å². The number of aliphatic hydroxyl groups excluding tert-OH is 1. The number of esters is 1. The van der Waals surface area contributed by atoms with E-state index < -0.39 is 134 Å². The van der Waals surface area contributed by atoms with Crippen LogP contribution in [0.2, 0.25) is 0 Å². The molecule has 71 heavy (non-hydrogen) atoms. The highest BCUT2D eigenvalue weighted by atomic mass is 16.7. The predicted octanol–water partition coefficient (Wildman–Crippen LogP) is 7.22. The number of hydrogen-bond acceptors (Lipinski definition) is 16. The molecule has 0 radical (unpaired) electrons. The third-order valence-electron chi connectivity index (χ3n) is 17.4. The summed E-state index contributed by atoms with van der Waals surface area (Å²) in [5.41, 5.74) is -4.50. The molecule has 3 heterocycles. The molecule has 19 atom stereocenters. The summed E-state index contributed by atoms with van der Waals surface area (Å²) in [5.74, 6) is -4.70. The highest BCUT2D eigenvalue weighted by molar-refractivity contribution is 6.26. The second-order valence-electron chi connectivity index (χ2n) is 22.0. The smallest absolute Gasteiger partial charge is 0.407 e. The molecule has 7 rings (SSSR count). The van der Waals surface area contributed by atoms with Crippen molar-refractivity contribution in [2.75, 3.05) is 14.2 Å². The van der Waals surface area contributed by atoms with Gasteiger partial charge in [0, 0.05) is 53.3 Å². The fourth-order valence-electron chi connectivity index (χ4n) is 13.4. The minimum absolute atomic E-state index is 0.120. The van der Waals surface area contributed by atoms with E-state index in [1.54, 1.807) is 13.8 Å². The zero-order chi connectivity index (χ0) is 52.4. The van der Waals surface area contributed by atoms with E-state index in [9.17, 15) is 39.7 Å². The number of ketones is 1. The van der Waals surface area contributed by atoms with Gasteiger partial charge in [-0.3, -0.25) is 25.0 Å². The molecular weight excluding hydrogens is 925 g/mol. The molecule has 392 valence electrons. The summed E-state index contributed by atoms with van der Waals surface area (Å²) in [5, 5.41) is 43.7. The molecule has 0 unspecified atom stereocenters. The van der Waals surface area contributed by atoms with Crippen molar-refractivity contribution < 1.29 is 67.3 Å². The van der Waals surface area contributed by atoms with Crippen molar-refractivity contribution in [2.45, 2.75) is 174 Å². The van der Waals surface area contributed by atoms with Gasteiger partial charge in [-0.2, -0.15) is 0 Å². The number of hydrogen-bond donors (Lipinski definition) is 3. The number of fused-ring (bicyclic) bond motifs is 4. The number of nitro groups is 2. The highest BCUT2D eigenvalue weighted by Gasteiger charge is 2.64. The average Bonchev–Trinajstić information content (AvgIpc) is 3.54. The second-order valence-corrected chi connectivity index (χ2v) is 22.0. The van der Waals surface area contributed by atoms with Crippen molar-refractivity contribution in [3.63, 3.8) is 0 Å². The fourth-order valence-corrected chi connectivity index (χ4v) is 13.4. The molecule has 0 aromatic heterocycles. The Bertz CT molecular complexity index is 2350. The van der Waals surface area contributed by atoms with Gasteiger partial charge in [0.15, 0.2) is 18.2 Å². The summed E-state index contributed by atoms with van der Waals surface area (Å²) in [7, 11) is 2.34. The molecule has 1 saturated carbocycles. The van der Waals surface area contributed by atoms with Crippen molar-refractivity contribution in [1.82, 2.24) is 10.6 Å². The first-order chi connectivity index (χ1) is 33.2. The Kier molecular flexibility index (Phi) is 14.9. The molecule has 3 saturated heterocycles. The number of rotatable bonds is 8. The highest BCUT2D eigenvalue weighted by Crippen LogP contribution is 2.61. The third kappa shape index (κ3) is 9.19. The van der Waals surface area contributed by atoms with Crippen molar-refractivity contribution in [3.05, 3.63) is 78.7 Å². The van der Waals surface area contributed by atoms with Crippen molar-refractivity contribution in [3.8, 4) is 0 Å². The minimum atomic E-state index is -1.73. The molecule has 3 aliphatic heterocycles. The molecule has 20 nitrogen and oxygen atoms in total. The largest absolute Gasteiger partial charge is 0.511 e. The lowest BCUT2D eigenvalue weighted by Crippen LogP contribution is -2.66. The summed E-state index contributed by atoms with van der Waals surface area (Å²) in [6.07, 6.45) is 3.27. The van der Waals surface area contributed by atoms with E-state index in [0.717, 1.165) is 11.1 Å². The Hall–Kier alpha value is -5.18. The van der Waals surface area contributed by atoms with Gasteiger partial charge in [0.25, 0.3) is 0 Å². The first-order valence-electron chi connectivity index (χ1n) is 24.7. The molecular formula is C51H72N4O16. The van der Waals surface area contributed by atoms with Crippen LogP contribution < -0.4 is 10.6 Å². The molecule has 4 aliphatic carbocycles. The van der Waals surface area contributed by atoms with E-state index >= 15 is 4.79 Å². The summed E-state index contributed by atoms with van der Waals surface area (Å²) < 4.78 is 42.1. The normalized spacial score (nSPS) is 43.5. The van der Waals surface area contributed by atoms with Gasteiger partial charge in [-0.05, 0) is 76.7 Å². The quantitative estimate of drug-likeness (QED) is 0.0541. The maximum atomic E-state index is 15.4. The first kappa shape index (κ1) is 53.6. The van der Waals surface area contributed by atoms with Crippen LogP contribution in [0.3, 0.4) is 0 Å². The molecule has 4 fully saturated rings. The summed E-state index contributed by atoms with van der Waals surface area (Å²) in [4.78, 5) is 79.2. The maximum absolute atomic E-state index is 15.4. The topological polar surface area (TPSA) is 263 Å². The Morgan fingerprint density at radius 1 is 0.775 bits per heavy atom. The number of amides is 2. The minimum Gasteiger partial charge on any atom is -0.511 e. The van der Waals surface area contributed by atoms with Crippen LogP contribution in [0, 0.1) is 67.1 Å². The van der Waals surface area contributed by atoms with Gasteiger partial charge in [0.2, 0.25) is 16.9 Å². The predicted molar refractivity (Wildman–Crippen MR) is 254 cm³/mol. The molecule has 20 heteroatoms. The summed E-state index contributed by atoms with van der Waals surface area (Å²) in [6, 6.07) is -2.10.